The van der Waals surface area contributed by atoms with Crippen LogP contribution in [0.15, 0.2) is 23.1 Å². The van der Waals surface area contributed by atoms with Crippen molar-refractivity contribution in [1.29, 1.82) is 0 Å². The Hall–Kier alpha value is -0.850. The predicted molar refractivity (Wildman–Crippen MR) is 61.4 cm³/mol. The Bertz CT molecular complexity index is 489. The lowest BCUT2D eigenvalue weighted by molar-refractivity contribution is 0.0701. The Balaban J connectivity index is 2.84. The van der Waals surface area contributed by atoms with Gasteiger partial charge in [-0.05, 0) is 25.1 Å². The summed E-state index contributed by atoms with van der Waals surface area (Å²) in [4.78, 5) is -0.302. The van der Waals surface area contributed by atoms with Crippen molar-refractivity contribution < 1.29 is 22.3 Å². The molecule has 0 heterocycles. The molecule has 96 valence electrons. The highest BCUT2D eigenvalue weighted by molar-refractivity contribution is 8.13. The quantitative estimate of drug-likeness (QED) is 0.777. The van der Waals surface area contributed by atoms with Crippen LogP contribution in [0.1, 0.15) is 6.92 Å². The smallest absolute Gasteiger partial charge is 0.261 e. The van der Waals surface area contributed by atoms with Crippen molar-refractivity contribution in [2.75, 3.05) is 13.7 Å². The molecule has 1 aromatic rings. The molecular weight excluding hydrogens is 271 g/mol. The molecule has 1 aromatic carbocycles. The van der Waals surface area contributed by atoms with E-state index < -0.39 is 14.9 Å². The van der Waals surface area contributed by atoms with E-state index >= 15 is 0 Å². The molecule has 0 spiro atoms. The zero-order valence-electron chi connectivity index (χ0n) is 9.31. The minimum atomic E-state index is -3.93. The van der Waals surface area contributed by atoms with Gasteiger partial charge in [0.05, 0.1) is 11.0 Å². The summed E-state index contributed by atoms with van der Waals surface area (Å²) in [6.45, 7) is 1.93. The van der Waals surface area contributed by atoms with E-state index in [1.807, 2.05) is 0 Å². The SMILES string of the molecule is COC(C)COc1ccc(S(=O)(=O)Cl)cc1F. The lowest BCUT2D eigenvalue weighted by Gasteiger charge is -2.12. The van der Waals surface area contributed by atoms with Gasteiger partial charge in [-0.1, -0.05) is 0 Å². The molecule has 7 heteroatoms. The first-order valence-corrected chi connectivity index (χ1v) is 7.05. The summed E-state index contributed by atoms with van der Waals surface area (Å²) in [6.07, 6.45) is -0.189. The van der Waals surface area contributed by atoms with Gasteiger partial charge >= 0.3 is 0 Å². The van der Waals surface area contributed by atoms with Crippen LogP contribution in [0.2, 0.25) is 0 Å². The molecule has 1 rings (SSSR count). The lowest BCUT2D eigenvalue weighted by atomic mass is 10.3. The van der Waals surface area contributed by atoms with Gasteiger partial charge in [0, 0.05) is 17.8 Å². The molecule has 0 fully saturated rings. The largest absolute Gasteiger partial charge is 0.488 e. The molecule has 0 aromatic heterocycles. The predicted octanol–water partition coefficient (Wildman–Crippen LogP) is 2.17. The van der Waals surface area contributed by atoms with Gasteiger partial charge in [0.1, 0.15) is 6.61 Å². The first-order valence-electron chi connectivity index (χ1n) is 4.74. The monoisotopic (exact) mass is 282 g/mol. The van der Waals surface area contributed by atoms with Crippen LogP contribution in [0.25, 0.3) is 0 Å². The van der Waals surface area contributed by atoms with Gasteiger partial charge in [0.2, 0.25) is 0 Å². The van der Waals surface area contributed by atoms with Crippen molar-refractivity contribution in [1.82, 2.24) is 0 Å². The third kappa shape index (κ3) is 4.14. The maximum absolute atomic E-state index is 13.4. The Morgan fingerprint density at radius 2 is 2.12 bits per heavy atom. The number of methoxy groups -OCH3 is 1. The van der Waals surface area contributed by atoms with E-state index in [0.29, 0.717) is 0 Å². The van der Waals surface area contributed by atoms with E-state index in [9.17, 15) is 12.8 Å². The number of hydrogen-bond donors (Lipinski definition) is 0. The van der Waals surface area contributed by atoms with Gasteiger partial charge in [-0.2, -0.15) is 0 Å². The highest BCUT2D eigenvalue weighted by Gasteiger charge is 2.14. The van der Waals surface area contributed by atoms with Crippen molar-refractivity contribution >= 4 is 19.7 Å². The Kier molecular flexibility index (Phi) is 4.73. The van der Waals surface area contributed by atoms with Crippen LogP contribution in [-0.2, 0) is 13.8 Å². The second-order valence-electron chi connectivity index (χ2n) is 3.39. The summed E-state index contributed by atoms with van der Waals surface area (Å²) in [5, 5.41) is 0. The van der Waals surface area contributed by atoms with Gasteiger partial charge < -0.3 is 9.47 Å². The van der Waals surface area contributed by atoms with Crippen LogP contribution in [0.5, 0.6) is 5.75 Å². The molecule has 1 unspecified atom stereocenters. The summed E-state index contributed by atoms with van der Waals surface area (Å²) in [7, 11) is 2.66. The van der Waals surface area contributed by atoms with Crippen molar-refractivity contribution in [2.45, 2.75) is 17.9 Å². The molecule has 0 aliphatic rings. The van der Waals surface area contributed by atoms with Gasteiger partial charge in [0.15, 0.2) is 11.6 Å². The van der Waals surface area contributed by atoms with Crippen LogP contribution in [-0.4, -0.2) is 28.2 Å². The molecule has 0 bridgehead atoms. The number of ether oxygens (including phenoxy) is 2. The number of rotatable bonds is 5. The van der Waals surface area contributed by atoms with Crippen molar-refractivity contribution in [3.05, 3.63) is 24.0 Å². The van der Waals surface area contributed by atoms with E-state index in [2.05, 4.69) is 0 Å². The molecule has 0 aliphatic heterocycles. The third-order valence-corrected chi connectivity index (χ3v) is 3.41. The highest BCUT2D eigenvalue weighted by atomic mass is 35.7. The van der Waals surface area contributed by atoms with Gasteiger partial charge in [-0.15, -0.1) is 0 Å². The summed E-state index contributed by atoms with van der Waals surface area (Å²) < 4.78 is 45.4. The molecule has 17 heavy (non-hydrogen) atoms. The Morgan fingerprint density at radius 3 is 2.59 bits per heavy atom. The fourth-order valence-corrected chi connectivity index (χ4v) is 1.79. The fraction of sp³-hybridized carbons (Fsp3) is 0.400. The minimum Gasteiger partial charge on any atom is -0.488 e. The van der Waals surface area contributed by atoms with E-state index in [0.717, 1.165) is 6.07 Å². The van der Waals surface area contributed by atoms with Crippen LogP contribution in [0.4, 0.5) is 4.39 Å². The first kappa shape index (κ1) is 14.2. The molecule has 0 saturated heterocycles. The van der Waals surface area contributed by atoms with Crippen molar-refractivity contribution in [3.8, 4) is 5.75 Å². The molecule has 1 atom stereocenters. The van der Waals surface area contributed by atoms with E-state index in [1.54, 1.807) is 6.92 Å². The van der Waals surface area contributed by atoms with Crippen LogP contribution < -0.4 is 4.74 Å². The molecule has 4 nitrogen and oxygen atoms in total. The maximum atomic E-state index is 13.4. The van der Waals surface area contributed by atoms with Gasteiger partial charge in [0.25, 0.3) is 9.05 Å². The fourth-order valence-electron chi connectivity index (χ4n) is 1.03. The molecule has 0 radical (unpaired) electrons. The van der Waals surface area contributed by atoms with Crippen LogP contribution >= 0.6 is 10.7 Å². The van der Waals surface area contributed by atoms with Crippen molar-refractivity contribution in [2.24, 2.45) is 0 Å². The normalized spacial score (nSPS) is 13.4. The number of hydrogen-bond acceptors (Lipinski definition) is 4. The molecule has 0 N–H and O–H groups in total. The molecule has 0 amide bonds. The standard InChI is InChI=1S/C10H12ClFO4S/c1-7(15-2)6-16-10-4-3-8(5-9(10)12)17(11,13)14/h3-5,7H,6H2,1-2H3. The number of benzene rings is 1. The molecule has 0 saturated carbocycles. The second kappa shape index (κ2) is 5.66. The minimum absolute atomic E-state index is 0.0435. The maximum Gasteiger partial charge on any atom is 0.261 e. The van der Waals surface area contributed by atoms with Gasteiger partial charge in [-0.25, -0.2) is 12.8 Å². The van der Waals surface area contributed by atoms with E-state index in [-0.39, 0.29) is 23.4 Å². The topological polar surface area (TPSA) is 52.6 Å². The summed E-state index contributed by atoms with van der Waals surface area (Å²) in [6, 6.07) is 3.21. The number of halogens is 2. The first-order chi connectivity index (χ1) is 7.84. The summed E-state index contributed by atoms with van der Waals surface area (Å²) in [5.74, 6) is -0.826. The Morgan fingerprint density at radius 1 is 1.47 bits per heavy atom. The van der Waals surface area contributed by atoms with Crippen LogP contribution in [0.3, 0.4) is 0 Å². The Labute approximate surface area is 104 Å². The van der Waals surface area contributed by atoms with E-state index in [4.69, 9.17) is 20.2 Å². The summed E-state index contributed by atoms with van der Waals surface area (Å²) >= 11 is 0. The molecular formula is C10H12ClFO4S. The average Bonchev–Trinajstić information content (AvgIpc) is 2.25. The van der Waals surface area contributed by atoms with Crippen LogP contribution in [0, 0.1) is 5.82 Å². The zero-order chi connectivity index (χ0) is 13.1. The summed E-state index contributed by atoms with van der Waals surface area (Å²) in [5.41, 5.74) is 0. The average molecular weight is 283 g/mol. The molecule has 0 aliphatic carbocycles. The van der Waals surface area contributed by atoms with E-state index in [1.165, 1.54) is 19.2 Å². The van der Waals surface area contributed by atoms with Crippen molar-refractivity contribution in [3.63, 3.8) is 0 Å². The van der Waals surface area contributed by atoms with Gasteiger partial charge in [-0.3, -0.25) is 0 Å². The lowest BCUT2D eigenvalue weighted by Crippen LogP contribution is -2.16. The zero-order valence-corrected chi connectivity index (χ0v) is 10.9. The third-order valence-electron chi connectivity index (χ3n) is 2.06. The second-order valence-corrected chi connectivity index (χ2v) is 5.95. The highest BCUT2D eigenvalue weighted by Crippen LogP contribution is 2.23.